The van der Waals surface area contributed by atoms with E-state index in [0.717, 1.165) is 0 Å². The molecule has 1 aliphatic heterocycles. The van der Waals surface area contributed by atoms with Crippen LogP contribution in [0.1, 0.15) is 22.6 Å². The van der Waals surface area contributed by atoms with Gasteiger partial charge in [-0.25, -0.2) is 0 Å². The van der Waals surface area contributed by atoms with Gasteiger partial charge in [0.15, 0.2) is 0 Å². The molecular weight excluding hydrogens is 285 g/mol. The number of hydrogen-bond donors (Lipinski definition) is 1. The normalized spacial score (nSPS) is 19.0. The molecule has 0 saturated carbocycles. The monoisotopic (exact) mass is 294 g/mol. The molecule has 79 valence electrons. The van der Waals surface area contributed by atoms with Crippen LogP contribution in [0, 0.1) is 0 Å². The number of rotatable bonds is 0. The first-order valence-electron chi connectivity index (χ1n) is 5.76. The third-order valence-corrected chi connectivity index (χ3v) is 4.67. The Morgan fingerprint density at radius 1 is 1.00 bits per heavy atom. The van der Waals surface area contributed by atoms with Crippen LogP contribution in [0.25, 0.3) is 6.08 Å². The van der Waals surface area contributed by atoms with Gasteiger partial charge in [-0.3, -0.25) is 0 Å². The number of benzene rings is 2. The molecule has 0 spiro atoms. The van der Waals surface area contributed by atoms with E-state index < -0.39 is 0 Å². The number of fused-ring (bicyclic) bond motifs is 5. The molecule has 2 aromatic carbocycles. The molecule has 2 heteroatoms. The molecule has 2 aromatic rings. The summed E-state index contributed by atoms with van der Waals surface area (Å²) < 4.78 is 1.47. The molecular formula is C15H10NZr. The van der Waals surface area contributed by atoms with Gasteiger partial charge in [0.1, 0.15) is 0 Å². The van der Waals surface area contributed by atoms with Gasteiger partial charge in [-0.1, -0.05) is 0 Å². The fourth-order valence-corrected chi connectivity index (χ4v) is 3.81. The third-order valence-electron chi connectivity index (χ3n) is 3.60. The van der Waals surface area contributed by atoms with Gasteiger partial charge in [0.2, 0.25) is 0 Å². The van der Waals surface area contributed by atoms with E-state index in [1.165, 1.54) is 56.1 Å². The fourth-order valence-electron chi connectivity index (χ4n) is 2.88. The molecule has 1 N–H and O–H groups in total. The first-order chi connectivity index (χ1) is 8.34. The Morgan fingerprint density at radius 2 is 1.88 bits per heavy atom. The number of hydrogen-bond acceptors (Lipinski definition) is 1. The Morgan fingerprint density at radius 3 is 2.82 bits per heavy atom. The summed E-state index contributed by atoms with van der Waals surface area (Å²) in [6.07, 6.45) is 2.29. The molecule has 2 aliphatic rings. The van der Waals surface area contributed by atoms with Gasteiger partial charge in [-0.05, 0) is 0 Å². The zero-order valence-corrected chi connectivity index (χ0v) is 11.7. The number of allylic oxidation sites excluding steroid dienone is 1. The number of nitrogens with one attached hydrogen (secondary N) is 1. The second kappa shape index (κ2) is 3.43. The zero-order valence-electron chi connectivity index (χ0n) is 9.20. The SMILES string of the molecule is [Zr][c]1cccc2c1C1C(=Cc3ccccc31)N2. The fraction of sp³-hybridized carbons (Fsp3) is 0.0667. The Hall–Kier alpha value is -1.14. The van der Waals surface area contributed by atoms with Crippen molar-refractivity contribution in [3.8, 4) is 0 Å². The zero-order chi connectivity index (χ0) is 11.4. The van der Waals surface area contributed by atoms with E-state index in [0.29, 0.717) is 5.92 Å². The first-order valence-corrected chi connectivity index (χ1v) is 6.99. The van der Waals surface area contributed by atoms with Crippen molar-refractivity contribution in [3.05, 3.63) is 64.9 Å². The van der Waals surface area contributed by atoms with Crippen LogP contribution in [0.15, 0.2) is 48.2 Å². The summed E-state index contributed by atoms with van der Waals surface area (Å²) in [6, 6.07) is 15.3. The molecule has 0 aromatic heterocycles. The Kier molecular flexibility index (Phi) is 1.99. The predicted molar refractivity (Wildman–Crippen MR) is 66.0 cm³/mol. The van der Waals surface area contributed by atoms with Crippen LogP contribution >= 0.6 is 0 Å². The number of anilines is 1. The second-order valence-electron chi connectivity index (χ2n) is 4.55. The average molecular weight is 295 g/mol. The molecule has 17 heavy (non-hydrogen) atoms. The van der Waals surface area contributed by atoms with E-state index >= 15 is 0 Å². The summed E-state index contributed by atoms with van der Waals surface area (Å²) in [7, 11) is 0. The van der Waals surface area contributed by atoms with Crippen molar-refractivity contribution < 1.29 is 24.7 Å². The Bertz CT molecular complexity index is 658. The summed E-state index contributed by atoms with van der Waals surface area (Å²) in [6.45, 7) is 0. The van der Waals surface area contributed by atoms with E-state index in [-0.39, 0.29) is 0 Å². The second-order valence-corrected chi connectivity index (χ2v) is 5.88. The average Bonchev–Trinajstić information content (AvgIpc) is 2.84. The summed E-state index contributed by atoms with van der Waals surface area (Å²) in [5, 5.41) is 3.56. The molecule has 1 atom stereocenters. The maximum atomic E-state index is 3.56. The summed E-state index contributed by atoms with van der Waals surface area (Å²) in [5.41, 5.74) is 6.94. The van der Waals surface area contributed by atoms with Crippen molar-refractivity contribution in [2.45, 2.75) is 5.92 Å². The van der Waals surface area contributed by atoms with Gasteiger partial charge in [-0.2, -0.15) is 0 Å². The third kappa shape index (κ3) is 1.28. The van der Waals surface area contributed by atoms with Gasteiger partial charge in [0.05, 0.1) is 0 Å². The Labute approximate surface area is 115 Å². The van der Waals surface area contributed by atoms with Crippen molar-refractivity contribution in [2.75, 3.05) is 5.32 Å². The molecule has 1 unspecified atom stereocenters. The molecule has 0 amide bonds. The van der Waals surface area contributed by atoms with E-state index in [4.69, 9.17) is 0 Å². The van der Waals surface area contributed by atoms with Crippen LogP contribution in [0.2, 0.25) is 0 Å². The first kappa shape index (κ1) is 9.85. The molecule has 1 heterocycles. The van der Waals surface area contributed by atoms with Crippen LogP contribution in [0.3, 0.4) is 0 Å². The van der Waals surface area contributed by atoms with Crippen LogP contribution in [-0.2, 0) is 24.7 Å². The molecule has 4 rings (SSSR count). The molecule has 1 aliphatic carbocycles. The van der Waals surface area contributed by atoms with E-state index in [1.807, 2.05) is 0 Å². The molecule has 0 radical (unpaired) electrons. The van der Waals surface area contributed by atoms with Crippen LogP contribution < -0.4 is 8.59 Å². The quantitative estimate of drug-likeness (QED) is 0.788. The van der Waals surface area contributed by atoms with Crippen molar-refractivity contribution in [3.63, 3.8) is 0 Å². The van der Waals surface area contributed by atoms with E-state index in [9.17, 15) is 0 Å². The maximum absolute atomic E-state index is 3.56. The topological polar surface area (TPSA) is 12.0 Å². The molecule has 0 fully saturated rings. The van der Waals surface area contributed by atoms with E-state index in [2.05, 4.69) is 53.9 Å². The van der Waals surface area contributed by atoms with Crippen LogP contribution in [-0.4, -0.2) is 0 Å². The van der Waals surface area contributed by atoms with Gasteiger partial charge in [0, 0.05) is 0 Å². The van der Waals surface area contributed by atoms with Gasteiger partial charge < -0.3 is 0 Å². The minimum atomic E-state index is 0.455. The van der Waals surface area contributed by atoms with Gasteiger partial charge >= 0.3 is 116 Å². The Balaban J connectivity index is 2.00. The standard InChI is InChI=1S/C15H10N.Zr/c1-2-6-11-10(5-1)9-14-15(11)12-7-3-4-8-13(12)16-14;/h1-6,8-9,15-16H;. The van der Waals surface area contributed by atoms with Crippen molar-refractivity contribution in [2.24, 2.45) is 0 Å². The molecule has 0 saturated heterocycles. The molecule has 1 nitrogen and oxygen atoms in total. The van der Waals surface area contributed by atoms with Gasteiger partial charge in [-0.15, -0.1) is 0 Å². The van der Waals surface area contributed by atoms with Crippen molar-refractivity contribution in [1.82, 2.24) is 0 Å². The van der Waals surface area contributed by atoms with Crippen LogP contribution in [0.5, 0.6) is 0 Å². The van der Waals surface area contributed by atoms with Crippen LogP contribution in [0.4, 0.5) is 5.69 Å². The predicted octanol–water partition coefficient (Wildman–Crippen LogP) is 2.77. The van der Waals surface area contributed by atoms with Crippen molar-refractivity contribution >= 4 is 15.0 Å². The minimum absolute atomic E-state index is 0.455. The summed E-state index contributed by atoms with van der Waals surface area (Å²) in [5.74, 6) is 0.455. The van der Waals surface area contributed by atoms with Crippen molar-refractivity contribution in [1.29, 1.82) is 0 Å². The summed E-state index contributed by atoms with van der Waals surface area (Å²) >= 11 is 1.49. The summed E-state index contributed by atoms with van der Waals surface area (Å²) in [4.78, 5) is 0. The van der Waals surface area contributed by atoms with E-state index in [1.54, 1.807) is 0 Å². The molecule has 0 bridgehead atoms. The van der Waals surface area contributed by atoms with Gasteiger partial charge in [0.25, 0.3) is 0 Å².